The quantitative estimate of drug-likeness (QED) is 0.648. The summed E-state index contributed by atoms with van der Waals surface area (Å²) in [6.07, 6.45) is 5.61. The molecular weight excluding hydrogens is 236 g/mol. The Morgan fingerprint density at radius 3 is 2.42 bits per heavy atom. The zero-order chi connectivity index (χ0) is 13.3. The molecule has 0 bridgehead atoms. The van der Waals surface area contributed by atoms with E-state index in [4.69, 9.17) is 4.74 Å². The number of hydrazone groups is 1. The molecule has 0 aromatic heterocycles. The van der Waals surface area contributed by atoms with Crippen LogP contribution >= 0.6 is 0 Å². The minimum absolute atomic E-state index is 0.832. The molecule has 96 valence electrons. The van der Waals surface area contributed by atoms with Crippen molar-refractivity contribution in [2.24, 2.45) is 5.10 Å². The van der Waals surface area contributed by atoms with E-state index in [0.29, 0.717) is 0 Å². The number of hydrogen-bond donors (Lipinski definition) is 1. The lowest BCUT2D eigenvalue weighted by atomic mass is 10.2. The molecule has 0 heterocycles. The van der Waals surface area contributed by atoms with Crippen molar-refractivity contribution in [3.8, 4) is 5.75 Å². The van der Waals surface area contributed by atoms with Crippen LogP contribution in [0.2, 0.25) is 0 Å². The minimum atomic E-state index is 0.832. The van der Waals surface area contributed by atoms with Crippen molar-refractivity contribution in [2.75, 3.05) is 12.5 Å². The van der Waals surface area contributed by atoms with Gasteiger partial charge in [-0.05, 0) is 35.9 Å². The Bertz CT molecular complexity index is 545. The van der Waals surface area contributed by atoms with Crippen LogP contribution in [0, 0.1) is 0 Å². The van der Waals surface area contributed by atoms with Crippen LogP contribution in [0.5, 0.6) is 5.75 Å². The van der Waals surface area contributed by atoms with Crippen molar-refractivity contribution >= 4 is 18.0 Å². The number of benzene rings is 2. The molecule has 0 spiro atoms. The molecule has 3 heteroatoms. The maximum absolute atomic E-state index is 5.08. The number of anilines is 1. The third-order valence-electron chi connectivity index (χ3n) is 2.53. The first-order chi connectivity index (χ1) is 9.38. The van der Waals surface area contributed by atoms with Gasteiger partial charge in [-0.15, -0.1) is 0 Å². The predicted molar refractivity (Wildman–Crippen MR) is 80.6 cm³/mol. The molecule has 0 saturated heterocycles. The zero-order valence-electron chi connectivity index (χ0n) is 10.8. The van der Waals surface area contributed by atoms with Crippen LogP contribution in [0.25, 0.3) is 6.08 Å². The Morgan fingerprint density at radius 1 is 1.00 bits per heavy atom. The lowest BCUT2D eigenvalue weighted by Gasteiger charge is -2.01. The van der Waals surface area contributed by atoms with E-state index in [1.54, 1.807) is 13.3 Å². The molecule has 0 radical (unpaired) electrons. The summed E-state index contributed by atoms with van der Waals surface area (Å²) in [6, 6.07) is 17.7. The third kappa shape index (κ3) is 4.32. The summed E-state index contributed by atoms with van der Waals surface area (Å²) in [5.41, 5.74) is 5.02. The van der Waals surface area contributed by atoms with Gasteiger partial charge in [0.1, 0.15) is 5.75 Å². The molecule has 0 amide bonds. The summed E-state index contributed by atoms with van der Waals surface area (Å²) in [5, 5.41) is 4.11. The molecule has 0 unspecified atom stereocenters. The SMILES string of the molecule is COc1ccc(N/N=C/C=C/c2ccccc2)cc1. The highest BCUT2D eigenvalue weighted by molar-refractivity contribution is 5.78. The van der Waals surface area contributed by atoms with Crippen LogP contribution < -0.4 is 10.2 Å². The van der Waals surface area contributed by atoms with Gasteiger partial charge in [0.2, 0.25) is 0 Å². The molecule has 0 saturated carbocycles. The van der Waals surface area contributed by atoms with Crippen molar-refractivity contribution in [3.63, 3.8) is 0 Å². The lowest BCUT2D eigenvalue weighted by Crippen LogP contribution is -1.88. The number of hydrogen-bond acceptors (Lipinski definition) is 3. The van der Waals surface area contributed by atoms with E-state index >= 15 is 0 Å². The second-order valence-electron chi connectivity index (χ2n) is 3.89. The highest BCUT2D eigenvalue weighted by Crippen LogP contribution is 2.14. The van der Waals surface area contributed by atoms with E-state index in [1.165, 1.54) is 0 Å². The van der Waals surface area contributed by atoms with Gasteiger partial charge in [0.25, 0.3) is 0 Å². The first-order valence-electron chi connectivity index (χ1n) is 6.03. The molecule has 2 rings (SSSR count). The fraction of sp³-hybridized carbons (Fsp3) is 0.0625. The molecule has 2 aromatic rings. The van der Waals surface area contributed by atoms with E-state index in [0.717, 1.165) is 17.0 Å². The van der Waals surface area contributed by atoms with Crippen LogP contribution in [-0.2, 0) is 0 Å². The average molecular weight is 252 g/mol. The van der Waals surface area contributed by atoms with Crippen molar-refractivity contribution in [1.29, 1.82) is 0 Å². The van der Waals surface area contributed by atoms with Crippen LogP contribution in [0.3, 0.4) is 0 Å². The summed E-state index contributed by atoms with van der Waals surface area (Å²) in [6.45, 7) is 0. The first-order valence-corrected chi connectivity index (χ1v) is 6.03. The van der Waals surface area contributed by atoms with Gasteiger partial charge in [-0.3, -0.25) is 5.43 Å². The third-order valence-corrected chi connectivity index (χ3v) is 2.53. The van der Waals surface area contributed by atoms with Crippen LogP contribution in [0.4, 0.5) is 5.69 Å². The van der Waals surface area contributed by atoms with Gasteiger partial charge in [0.05, 0.1) is 12.8 Å². The molecule has 1 N–H and O–H groups in total. The molecule has 0 aliphatic rings. The van der Waals surface area contributed by atoms with Gasteiger partial charge >= 0.3 is 0 Å². The van der Waals surface area contributed by atoms with Crippen LogP contribution in [0.1, 0.15) is 5.56 Å². The van der Waals surface area contributed by atoms with E-state index in [9.17, 15) is 0 Å². The fourth-order valence-corrected chi connectivity index (χ4v) is 1.54. The maximum Gasteiger partial charge on any atom is 0.119 e. The standard InChI is InChI=1S/C16H16N2O/c1-19-16-11-9-15(10-12-16)18-17-13-5-8-14-6-3-2-4-7-14/h2-13,18H,1H3/b8-5+,17-13+. The van der Waals surface area contributed by atoms with Crippen molar-refractivity contribution < 1.29 is 4.74 Å². The smallest absolute Gasteiger partial charge is 0.119 e. The van der Waals surface area contributed by atoms with E-state index in [1.807, 2.05) is 66.7 Å². The number of ether oxygens (including phenoxy) is 1. The van der Waals surface area contributed by atoms with Gasteiger partial charge in [-0.25, -0.2) is 0 Å². The number of nitrogens with one attached hydrogen (secondary N) is 1. The largest absolute Gasteiger partial charge is 0.497 e. The highest BCUT2D eigenvalue weighted by Gasteiger charge is 1.90. The Hall–Kier alpha value is -2.55. The minimum Gasteiger partial charge on any atom is -0.497 e. The molecule has 0 fully saturated rings. The number of allylic oxidation sites excluding steroid dienone is 1. The zero-order valence-corrected chi connectivity index (χ0v) is 10.8. The van der Waals surface area contributed by atoms with Gasteiger partial charge in [0, 0.05) is 6.21 Å². The van der Waals surface area contributed by atoms with Gasteiger partial charge in [0.15, 0.2) is 0 Å². The summed E-state index contributed by atoms with van der Waals surface area (Å²) in [7, 11) is 1.65. The molecule has 0 aliphatic carbocycles. The lowest BCUT2D eigenvalue weighted by molar-refractivity contribution is 0.415. The summed E-state index contributed by atoms with van der Waals surface area (Å²) in [5.74, 6) is 0.832. The van der Waals surface area contributed by atoms with Crippen LogP contribution in [-0.4, -0.2) is 13.3 Å². The van der Waals surface area contributed by atoms with Gasteiger partial charge in [-0.2, -0.15) is 5.10 Å². The molecule has 0 aliphatic heterocycles. The predicted octanol–water partition coefficient (Wildman–Crippen LogP) is 3.81. The molecule has 0 atom stereocenters. The summed E-state index contributed by atoms with van der Waals surface area (Å²) >= 11 is 0. The maximum atomic E-state index is 5.08. The fourth-order valence-electron chi connectivity index (χ4n) is 1.54. The van der Waals surface area contributed by atoms with E-state index in [-0.39, 0.29) is 0 Å². The van der Waals surface area contributed by atoms with Gasteiger partial charge in [-0.1, -0.05) is 36.4 Å². The van der Waals surface area contributed by atoms with Crippen molar-refractivity contribution in [3.05, 3.63) is 66.2 Å². The number of methoxy groups -OCH3 is 1. The number of nitrogens with zero attached hydrogens (tertiary/aromatic N) is 1. The Kier molecular flexibility index (Phi) is 4.76. The Labute approximate surface area is 113 Å². The topological polar surface area (TPSA) is 33.6 Å². The molecule has 3 nitrogen and oxygen atoms in total. The second-order valence-corrected chi connectivity index (χ2v) is 3.89. The van der Waals surface area contributed by atoms with E-state index in [2.05, 4.69) is 10.5 Å². The van der Waals surface area contributed by atoms with E-state index < -0.39 is 0 Å². The second kappa shape index (κ2) is 7.01. The average Bonchev–Trinajstić information content (AvgIpc) is 2.49. The molecular formula is C16H16N2O. The van der Waals surface area contributed by atoms with Crippen molar-refractivity contribution in [2.45, 2.75) is 0 Å². The highest BCUT2D eigenvalue weighted by atomic mass is 16.5. The van der Waals surface area contributed by atoms with Gasteiger partial charge < -0.3 is 4.74 Å². The molecule has 2 aromatic carbocycles. The number of rotatable bonds is 5. The van der Waals surface area contributed by atoms with Crippen molar-refractivity contribution in [1.82, 2.24) is 0 Å². The summed E-state index contributed by atoms with van der Waals surface area (Å²) < 4.78 is 5.08. The normalized spacial score (nSPS) is 11.0. The monoisotopic (exact) mass is 252 g/mol. The Morgan fingerprint density at radius 2 is 1.74 bits per heavy atom. The first kappa shape index (κ1) is 12.9. The molecule has 19 heavy (non-hydrogen) atoms. The van der Waals surface area contributed by atoms with Crippen LogP contribution in [0.15, 0.2) is 65.8 Å². The summed E-state index contributed by atoms with van der Waals surface area (Å²) in [4.78, 5) is 0. The Balaban J connectivity index is 1.84.